The Hall–Kier alpha value is -1.34. The lowest BCUT2D eigenvalue weighted by molar-refractivity contribution is 0.0769. The molecular formula is C13H17BrClN5O. The van der Waals surface area contributed by atoms with Crippen molar-refractivity contribution in [3.8, 4) is 0 Å². The highest BCUT2D eigenvalue weighted by molar-refractivity contribution is 9.10. The molecule has 0 aliphatic rings. The fourth-order valence-electron chi connectivity index (χ4n) is 2.16. The number of hydrogen-bond acceptors (Lipinski definition) is 3. The lowest BCUT2D eigenvalue weighted by Crippen LogP contribution is -2.29. The van der Waals surface area contributed by atoms with Crippen molar-refractivity contribution < 1.29 is 4.79 Å². The molecule has 2 aromatic rings. The maximum absolute atomic E-state index is 12.6. The van der Waals surface area contributed by atoms with Crippen molar-refractivity contribution in [2.75, 3.05) is 7.05 Å². The number of nitrogens with zero attached hydrogens (tertiary/aromatic N) is 5. The quantitative estimate of drug-likeness (QED) is 0.826. The molecule has 0 aliphatic heterocycles. The molecule has 0 N–H and O–H groups in total. The smallest absolute Gasteiger partial charge is 0.273 e. The van der Waals surface area contributed by atoms with Crippen molar-refractivity contribution in [3.05, 3.63) is 32.8 Å². The summed E-state index contributed by atoms with van der Waals surface area (Å²) < 4.78 is 4.09. The SMILES string of the molecule is CCn1ncc(Cl)c1CN(C)C(=O)c1c(Br)c(C)nn1C. The Kier molecular flexibility index (Phi) is 4.73. The van der Waals surface area contributed by atoms with E-state index in [1.165, 1.54) is 0 Å². The van der Waals surface area contributed by atoms with Crippen molar-refractivity contribution in [3.63, 3.8) is 0 Å². The topological polar surface area (TPSA) is 56.0 Å². The van der Waals surface area contributed by atoms with Crippen molar-refractivity contribution in [1.29, 1.82) is 0 Å². The first kappa shape index (κ1) is 16.0. The van der Waals surface area contributed by atoms with Crippen LogP contribution in [0.3, 0.4) is 0 Å². The van der Waals surface area contributed by atoms with Gasteiger partial charge in [-0.1, -0.05) is 11.6 Å². The Bertz CT molecular complexity index is 678. The number of aryl methyl sites for hydroxylation is 3. The number of aromatic nitrogens is 4. The van der Waals surface area contributed by atoms with Gasteiger partial charge < -0.3 is 4.90 Å². The summed E-state index contributed by atoms with van der Waals surface area (Å²) in [6.07, 6.45) is 1.60. The van der Waals surface area contributed by atoms with Crippen LogP contribution in [0.2, 0.25) is 5.02 Å². The molecule has 2 rings (SSSR count). The minimum Gasteiger partial charge on any atom is -0.334 e. The predicted octanol–water partition coefficient (Wildman–Crippen LogP) is 2.63. The van der Waals surface area contributed by atoms with E-state index < -0.39 is 0 Å². The molecule has 0 aromatic carbocycles. The summed E-state index contributed by atoms with van der Waals surface area (Å²) in [7, 11) is 3.49. The number of rotatable bonds is 4. The number of hydrogen-bond donors (Lipinski definition) is 0. The number of carbonyl (C=O) groups excluding carboxylic acids is 1. The van der Waals surface area contributed by atoms with Crippen molar-refractivity contribution >= 4 is 33.4 Å². The molecule has 8 heteroatoms. The van der Waals surface area contributed by atoms with E-state index in [4.69, 9.17) is 11.6 Å². The zero-order chi connectivity index (χ0) is 15.7. The average Bonchev–Trinajstić information content (AvgIpc) is 2.90. The van der Waals surface area contributed by atoms with E-state index >= 15 is 0 Å². The molecule has 0 radical (unpaired) electrons. The Morgan fingerprint density at radius 1 is 1.52 bits per heavy atom. The minimum absolute atomic E-state index is 0.120. The van der Waals surface area contributed by atoms with E-state index in [1.807, 2.05) is 13.8 Å². The van der Waals surface area contributed by atoms with Gasteiger partial charge in [-0.25, -0.2) is 0 Å². The molecule has 0 aliphatic carbocycles. The highest BCUT2D eigenvalue weighted by atomic mass is 79.9. The van der Waals surface area contributed by atoms with Crippen LogP contribution in [0.5, 0.6) is 0 Å². The van der Waals surface area contributed by atoms with Crippen LogP contribution in [0.1, 0.15) is 28.8 Å². The monoisotopic (exact) mass is 373 g/mol. The van der Waals surface area contributed by atoms with Gasteiger partial charge in [0.1, 0.15) is 5.69 Å². The van der Waals surface area contributed by atoms with Crippen LogP contribution < -0.4 is 0 Å². The third kappa shape index (κ3) is 2.98. The van der Waals surface area contributed by atoms with Gasteiger partial charge in [0.05, 0.1) is 33.6 Å². The summed E-state index contributed by atoms with van der Waals surface area (Å²) in [5, 5.41) is 8.99. The summed E-state index contributed by atoms with van der Waals surface area (Å²) in [6, 6.07) is 0. The summed E-state index contributed by atoms with van der Waals surface area (Å²) in [5.41, 5.74) is 2.13. The molecule has 0 fully saturated rings. The highest BCUT2D eigenvalue weighted by Crippen LogP contribution is 2.23. The van der Waals surface area contributed by atoms with Crippen molar-refractivity contribution in [1.82, 2.24) is 24.5 Å². The van der Waals surface area contributed by atoms with Crippen LogP contribution >= 0.6 is 27.5 Å². The van der Waals surface area contributed by atoms with E-state index in [9.17, 15) is 4.79 Å². The highest BCUT2D eigenvalue weighted by Gasteiger charge is 2.23. The van der Waals surface area contributed by atoms with Crippen LogP contribution in [0.4, 0.5) is 0 Å². The molecule has 21 heavy (non-hydrogen) atoms. The second-order valence-electron chi connectivity index (χ2n) is 4.79. The van der Waals surface area contributed by atoms with E-state index in [2.05, 4.69) is 26.1 Å². The number of carbonyl (C=O) groups is 1. The van der Waals surface area contributed by atoms with Gasteiger partial charge in [-0.3, -0.25) is 14.2 Å². The first-order chi connectivity index (χ1) is 9.86. The molecule has 0 spiro atoms. The summed E-state index contributed by atoms with van der Waals surface area (Å²) in [4.78, 5) is 14.2. The third-order valence-electron chi connectivity index (χ3n) is 3.28. The van der Waals surface area contributed by atoms with Crippen LogP contribution in [-0.2, 0) is 20.1 Å². The second kappa shape index (κ2) is 6.19. The Labute approximate surface area is 136 Å². The van der Waals surface area contributed by atoms with Crippen molar-refractivity contribution in [2.24, 2.45) is 7.05 Å². The van der Waals surface area contributed by atoms with Gasteiger partial charge in [-0.05, 0) is 29.8 Å². The maximum Gasteiger partial charge on any atom is 0.273 e. The standard InChI is InChI=1S/C13H17BrClN5O/c1-5-20-10(9(15)6-16-20)7-18(3)13(21)12-11(14)8(2)17-19(12)4/h6H,5,7H2,1-4H3. The first-order valence-electron chi connectivity index (χ1n) is 6.51. The molecule has 0 atom stereocenters. The maximum atomic E-state index is 12.6. The van der Waals surface area contributed by atoms with Gasteiger partial charge in [0.25, 0.3) is 5.91 Å². The molecule has 114 valence electrons. The van der Waals surface area contributed by atoms with E-state index in [0.29, 0.717) is 23.8 Å². The molecule has 0 saturated carbocycles. The molecule has 0 bridgehead atoms. The minimum atomic E-state index is -0.120. The summed E-state index contributed by atoms with van der Waals surface area (Å²) in [6.45, 7) is 4.93. The van der Waals surface area contributed by atoms with Gasteiger partial charge >= 0.3 is 0 Å². The fourth-order valence-corrected chi connectivity index (χ4v) is 2.87. The first-order valence-corrected chi connectivity index (χ1v) is 7.68. The fraction of sp³-hybridized carbons (Fsp3) is 0.462. The molecule has 1 amide bonds. The number of halogens is 2. The molecule has 0 saturated heterocycles. The van der Waals surface area contributed by atoms with E-state index in [0.717, 1.165) is 15.9 Å². The molecule has 6 nitrogen and oxygen atoms in total. The van der Waals surface area contributed by atoms with Crippen LogP contribution in [0.25, 0.3) is 0 Å². The molecule has 2 heterocycles. The molecular weight excluding hydrogens is 358 g/mol. The summed E-state index contributed by atoms with van der Waals surface area (Å²) in [5.74, 6) is -0.120. The zero-order valence-corrected chi connectivity index (χ0v) is 14.7. The van der Waals surface area contributed by atoms with Crippen LogP contribution in [0, 0.1) is 6.92 Å². The van der Waals surface area contributed by atoms with Crippen LogP contribution in [-0.4, -0.2) is 37.4 Å². The van der Waals surface area contributed by atoms with E-state index in [1.54, 1.807) is 34.6 Å². The van der Waals surface area contributed by atoms with Gasteiger partial charge in [-0.2, -0.15) is 10.2 Å². The van der Waals surface area contributed by atoms with Gasteiger partial charge in [-0.15, -0.1) is 0 Å². The van der Waals surface area contributed by atoms with Crippen molar-refractivity contribution in [2.45, 2.75) is 26.9 Å². The lowest BCUT2D eigenvalue weighted by Gasteiger charge is -2.18. The normalized spacial score (nSPS) is 11.0. The van der Waals surface area contributed by atoms with Gasteiger partial charge in [0, 0.05) is 20.6 Å². The third-order valence-corrected chi connectivity index (χ3v) is 4.55. The zero-order valence-electron chi connectivity index (χ0n) is 12.4. The second-order valence-corrected chi connectivity index (χ2v) is 5.99. The van der Waals surface area contributed by atoms with Crippen LogP contribution in [0.15, 0.2) is 10.7 Å². The Balaban J connectivity index is 2.26. The lowest BCUT2D eigenvalue weighted by atomic mass is 10.3. The van der Waals surface area contributed by atoms with Gasteiger partial charge in [0.15, 0.2) is 0 Å². The summed E-state index contributed by atoms with van der Waals surface area (Å²) >= 11 is 9.55. The average molecular weight is 375 g/mol. The number of amides is 1. The largest absolute Gasteiger partial charge is 0.334 e. The van der Waals surface area contributed by atoms with E-state index in [-0.39, 0.29) is 5.91 Å². The molecule has 0 unspecified atom stereocenters. The Morgan fingerprint density at radius 2 is 2.19 bits per heavy atom. The van der Waals surface area contributed by atoms with Gasteiger partial charge in [0.2, 0.25) is 0 Å². The Morgan fingerprint density at radius 3 is 2.71 bits per heavy atom. The molecule has 2 aromatic heterocycles. The predicted molar refractivity (Wildman–Crippen MR) is 84.4 cm³/mol.